The number of thioether (sulfide) groups is 1. The number of ether oxygens (including phenoxy) is 1. The minimum absolute atomic E-state index is 0.000759. The first-order chi connectivity index (χ1) is 16.2. The molecule has 4 rings (SSSR count). The summed E-state index contributed by atoms with van der Waals surface area (Å²) >= 11 is 1.07. The van der Waals surface area contributed by atoms with E-state index in [1.165, 1.54) is 40.7 Å². The van der Waals surface area contributed by atoms with Gasteiger partial charge < -0.3 is 14.5 Å². The summed E-state index contributed by atoms with van der Waals surface area (Å²) in [5.41, 5.74) is 1.28. The van der Waals surface area contributed by atoms with Crippen molar-refractivity contribution in [1.82, 2.24) is 9.29 Å². The Morgan fingerprint density at radius 2 is 1.74 bits per heavy atom. The molecule has 10 nitrogen and oxygen atoms in total. The summed E-state index contributed by atoms with van der Waals surface area (Å²) in [5.74, 6) is -0.343. The van der Waals surface area contributed by atoms with Crippen LogP contribution in [0.2, 0.25) is 0 Å². The standard InChI is InChI=1S/C21H23N3O7S3/c1-2-33(26,27)17-7-8-19-18(13-17)23-21(31-19)32-14-20(25)22-15-3-5-16(6-4-15)34(28,29)24-9-11-30-12-10-24/h3-8,13H,2,9-12,14H2,1H3,(H,22,25). The third-order valence-electron chi connectivity index (χ3n) is 5.15. The molecule has 1 amide bonds. The van der Waals surface area contributed by atoms with Crippen LogP contribution < -0.4 is 5.32 Å². The van der Waals surface area contributed by atoms with Crippen LogP contribution in [0.4, 0.5) is 5.69 Å². The smallest absolute Gasteiger partial charge is 0.257 e. The van der Waals surface area contributed by atoms with Gasteiger partial charge in [-0.2, -0.15) is 4.31 Å². The van der Waals surface area contributed by atoms with Crippen molar-refractivity contribution >= 4 is 54.3 Å². The van der Waals surface area contributed by atoms with Crippen LogP contribution in [-0.2, 0) is 29.4 Å². The van der Waals surface area contributed by atoms with Crippen molar-refractivity contribution in [3.05, 3.63) is 42.5 Å². The molecule has 182 valence electrons. The summed E-state index contributed by atoms with van der Waals surface area (Å²) in [6, 6.07) is 10.4. The van der Waals surface area contributed by atoms with Crippen LogP contribution in [0.3, 0.4) is 0 Å². The Balaban J connectivity index is 1.36. The molecule has 0 unspecified atom stereocenters. The second-order valence-electron chi connectivity index (χ2n) is 7.39. The lowest BCUT2D eigenvalue weighted by atomic mass is 10.3. The molecular weight excluding hydrogens is 502 g/mol. The lowest BCUT2D eigenvalue weighted by Gasteiger charge is -2.26. The highest BCUT2D eigenvalue weighted by molar-refractivity contribution is 7.99. The number of benzene rings is 2. The maximum absolute atomic E-state index is 12.7. The topological polar surface area (TPSA) is 136 Å². The Morgan fingerprint density at radius 1 is 1.06 bits per heavy atom. The maximum Gasteiger partial charge on any atom is 0.257 e. The van der Waals surface area contributed by atoms with E-state index in [2.05, 4.69) is 10.3 Å². The van der Waals surface area contributed by atoms with E-state index in [0.717, 1.165) is 11.8 Å². The van der Waals surface area contributed by atoms with Crippen molar-refractivity contribution in [2.75, 3.05) is 43.1 Å². The molecule has 0 atom stereocenters. The van der Waals surface area contributed by atoms with Gasteiger partial charge in [-0.15, -0.1) is 0 Å². The van der Waals surface area contributed by atoms with Gasteiger partial charge in [-0.3, -0.25) is 4.79 Å². The maximum atomic E-state index is 12.7. The molecule has 2 aromatic carbocycles. The third kappa shape index (κ3) is 5.44. The summed E-state index contributed by atoms with van der Waals surface area (Å²) in [4.78, 5) is 16.9. The minimum Gasteiger partial charge on any atom is -0.431 e. The summed E-state index contributed by atoms with van der Waals surface area (Å²) in [7, 11) is -6.96. The molecular formula is C21H23N3O7S3. The summed E-state index contributed by atoms with van der Waals surface area (Å²) < 4.78 is 61.6. The summed E-state index contributed by atoms with van der Waals surface area (Å²) in [5, 5.41) is 2.94. The van der Waals surface area contributed by atoms with Crippen molar-refractivity contribution < 1.29 is 30.8 Å². The number of morpholine rings is 1. The van der Waals surface area contributed by atoms with Crippen LogP contribution in [-0.4, -0.2) is 69.8 Å². The Kier molecular flexibility index (Phi) is 7.28. The van der Waals surface area contributed by atoms with Crippen LogP contribution in [0.1, 0.15) is 6.92 Å². The van der Waals surface area contributed by atoms with Crippen molar-refractivity contribution in [2.24, 2.45) is 0 Å². The van der Waals surface area contributed by atoms with Gasteiger partial charge >= 0.3 is 0 Å². The number of amides is 1. The van der Waals surface area contributed by atoms with Crippen LogP contribution in [0, 0.1) is 0 Å². The molecule has 1 aromatic heterocycles. The van der Waals surface area contributed by atoms with Gasteiger partial charge in [-0.1, -0.05) is 18.7 Å². The normalized spacial score (nSPS) is 15.4. The Labute approximate surface area is 201 Å². The van der Waals surface area contributed by atoms with E-state index >= 15 is 0 Å². The molecule has 0 saturated carbocycles. The molecule has 1 saturated heterocycles. The number of carbonyl (C=O) groups is 1. The van der Waals surface area contributed by atoms with Gasteiger partial charge in [0.15, 0.2) is 15.4 Å². The Hall–Kier alpha value is -2.45. The van der Waals surface area contributed by atoms with Crippen molar-refractivity contribution in [2.45, 2.75) is 21.9 Å². The molecule has 1 fully saturated rings. The van der Waals surface area contributed by atoms with E-state index in [-0.39, 0.29) is 32.4 Å². The van der Waals surface area contributed by atoms with E-state index in [1.807, 2.05) is 0 Å². The van der Waals surface area contributed by atoms with Crippen molar-refractivity contribution in [3.63, 3.8) is 0 Å². The lowest BCUT2D eigenvalue weighted by Crippen LogP contribution is -2.40. The number of hydrogen-bond donors (Lipinski definition) is 1. The van der Waals surface area contributed by atoms with Gasteiger partial charge in [-0.25, -0.2) is 21.8 Å². The predicted octanol–water partition coefficient (Wildman–Crippen LogP) is 2.37. The van der Waals surface area contributed by atoms with E-state index in [4.69, 9.17) is 9.15 Å². The quantitative estimate of drug-likeness (QED) is 0.440. The van der Waals surface area contributed by atoms with Gasteiger partial charge in [0.2, 0.25) is 15.9 Å². The summed E-state index contributed by atoms with van der Waals surface area (Å²) in [6.45, 7) is 2.92. The van der Waals surface area contributed by atoms with E-state index in [9.17, 15) is 21.6 Å². The summed E-state index contributed by atoms with van der Waals surface area (Å²) in [6.07, 6.45) is 0. The van der Waals surface area contributed by atoms with Gasteiger partial charge in [-0.05, 0) is 42.5 Å². The minimum atomic E-state index is -3.60. The van der Waals surface area contributed by atoms with Gasteiger partial charge in [0, 0.05) is 18.8 Å². The van der Waals surface area contributed by atoms with Crippen molar-refractivity contribution in [1.29, 1.82) is 0 Å². The lowest BCUT2D eigenvalue weighted by molar-refractivity contribution is -0.113. The highest BCUT2D eigenvalue weighted by atomic mass is 32.2. The number of hydrogen-bond acceptors (Lipinski definition) is 9. The first-order valence-corrected chi connectivity index (χ1v) is 14.5. The second kappa shape index (κ2) is 10.0. The zero-order valence-electron chi connectivity index (χ0n) is 18.3. The third-order valence-corrected chi connectivity index (χ3v) is 9.62. The van der Waals surface area contributed by atoms with Gasteiger partial charge in [0.05, 0.1) is 34.5 Å². The average Bonchev–Trinajstić information content (AvgIpc) is 3.26. The molecule has 0 aliphatic carbocycles. The number of carbonyl (C=O) groups excluding carboxylic acids is 1. The highest BCUT2D eigenvalue weighted by Crippen LogP contribution is 2.26. The van der Waals surface area contributed by atoms with Gasteiger partial charge in [0.1, 0.15) is 5.52 Å². The fourth-order valence-electron chi connectivity index (χ4n) is 3.28. The highest BCUT2D eigenvalue weighted by Gasteiger charge is 2.26. The number of aromatic nitrogens is 1. The molecule has 1 N–H and O–H groups in total. The first kappa shape index (κ1) is 24.7. The van der Waals surface area contributed by atoms with Crippen LogP contribution in [0.5, 0.6) is 0 Å². The average molecular weight is 526 g/mol. The zero-order valence-corrected chi connectivity index (χ0v) is 20.7. The number of sulfonamides is 1. The SMILES string of the molecule is CCS(=O)(=O)c1ccc2oc(SCC(=O)Nc3ccc(S(=O)(=O)N4CCOCC4)cc3)nc2c1. The van der Waals surface area contributed by atoms with E-state index in [0.29, 0.717) is 43.1 Å². The predicted molar refractivity (Wildman–Crippen MR) is 127 cm³/mol. The van der Waals surface area contributed by atoms with Crippen LogP contribution in [0.15, 0.2) is 61.9 Å². The number of nitrogens with one attached hydrogen (secondary N) is 1. The molecule has 0 radical (unpaired) electrons. The Bertz CT molecular complexity index is 1400. The largest absolute Gasteiger partial charge is 0.431 e. The molecule has 2 heterocycles. The first-order valence-electron chi connectivity index (χ1n) is 10.4. The van der Waals surface area contributed by atoms with Crippen LogP contribution in [0.25, 0.3) is 11.1 Å². The molecule has 1 aliphatic heterocycles. The number of anilines is 1. The number of oxazole rings is 1. The molecule has 0 spiro atoms. The fraction of sp³-hybridized carbons (Fsp3) is 0.333. The molecule has 3 aromatic rings. The monoisotopic (exact) mass is 525 g/mol. The Morgan fingerprint density at radius 3 is 2.41 bits per heavy atom. The zero-order chi connectivity index (χ0) is 24.3. The fourth-order valence-corrected chi connectivity index (χ4v) is 6.22. The number of nitrogens with zero attached hydrogens (tertiary/aromatic N) is 2. The molecule has 34 heavy (non-hydrogen) atoms. The van der Waals surface area contributed by atoms with E-state index in [1.54, 1.807) is 13.0 Å². The van der Waals surface area contributed by atoms with E-state index < -0.39 is 19.9 Å². The molecule has 1 aliphatic rings. The molecule has 13 heteroatoms. The second-order valence-corrected chi connectivity index (χ2v) is 12.5. The van der Waals surface area contributed by atoms with Crippen LogP contribution >= 0.6 is 11.8 Å². The number of fused-ring (bicyclic) bond motifs is 1. The van der Waals surface area contributed by atoms with Crippen molar-refractivity contribution in [3.8, 4) is 0 Å². The molecule has 0 bridgehead atoms. The van der Waals surface area contributed by atoms with Gasteiger partial charge in [0.25, 0.3) is 5.22 Å². The number of rotatable bonds is 8. The number of sulfone groups is 1.